The fraction of sp³-hybridized carbons (Fsp3) is 0.500. The minimum Gasteiger partial charge on any atom is -0.381 e. The predicted molar refractivity (Wildman–Crippen MR) is 91.9 cm³/mol. The standard InChI is InChI=1S/C16H23N3O3.ClH/c1-16(2,17)15(21)19-12-5-3-11(4-6-12)14(20)18-13-7-9-22-10-8-13;/h3-6,13H,7-10,17H2,1-2H3,(H,18,20)(H,19,21);1H. The van der Waals surface area contributed by atoms with Gasteiger partial charge in [0.2, 0.25) is 5.91 Å². The van der Waals surface area contributed by atoms with E-state index in [9.17, 15) is 9.59 Å². The molecule has 23 heavy (non-hydrogen) atoms. The second-order valence-electron chi connectivity index (χ2n) is 6.11. The summed E-state index contributed by atoms with van der Waals surface area (Å²) in [5.74, 6) is -0.379. The molecular weight excluding hydrogens is 318 g/mol. The van der Waals surface area contributed by atoms with Crippen molar-refractivity contribution in [3.05, 3.63) is 29.8 Å². The lowest BCUT2D eigenvalue weighted by atomic mass is 10.1. The van der Waals surface area contributed by atoms with Crippen LogP contribution >= 0.6 is 12.4 Å². The topological polar surface area (TPSA) is 93.5 Å². The number of anilines is 1. The van der Waals surface area contributed by atoms with Crippen LogP contribution in [-0.4, -0.2) is 36.6 Å². The van der Waals surface area contributed by atoms with Crippen molar-refractivity contribution in [1.82, 2.24) is 5.32 Å². The van der Waals surface area contributed by atoms with Crippen molar-refractivity contribution in [2.75, 3.05) is 18.5 Å². The van der Waals surface area contributed by atoms with Gasteiger partial charge in [-0.1, -0.05) is 0 Å². The van der Waals surface area contributed by atoms with E-state index >= 15 is 0 Å². The molecule has 7 heteroatoms. The molecule has 0 aromatic heterocycles. The van der Waals surface area contributed by atoms with Gasteiger partial charge in [0.15, 0.2) is 0 Å². The summed E-state index contributed by atoms with van der Waals surface area (Å²) in [6.07, 6.45) is 1.68. The number of rotatable bonds is 4. The summed E-state index contributed by atoms with van der Waals surface area (Å²) in [4.78, 5) is 23.9. The summed E-state index contributed by atoms with van der Waals surface area (Å²) in [5, 5.41) is 5.71. The Balaban J connectivity index is 0.00000264. The molecule has 1 aromatic rings. The number of carbonyl (C=O) groups excluding carboxylic acids is 2. The predicted octanol–water partition coefficient (Wildman–Crippen LogP) is 1.69. The van der Waals surface area contributed by atoms with Gasteiger partial charge in [0.1, 0.15) is 0 Å². The van der Waals surface area contributed by atoms with Gasteiger partial charge in [-0.05, 0) is 51.0 Å². The van der Waals surface area contributed by atoms with Gasteiger partial charge < -0.3 is 21.1 Å². The molecular formula is C16H24ClN3O3. The first kappa shape index (κ1) is 19.4. The Morgan fingerprint density at radius 1 is 1.17 bits per heavy atom. The Morgan fingerprint density at radius 3 is 2.26 bits per heavy atom. The maximum absolute atomic E-state index is 12.1. The molecule has 0 saturated carbocycles. The van der Waals surface area contributed by atoms with E-state index in [4.69, 9.17) is 10.5 Å². The van der Waals surface area contributed by atoms with Crippen LogP contribution in [0, 0.1) is 0 Å². The number of hydrogen-bond donors (Lipinski definition) is 3. The zero-order valence-corrected chi connectivity index (χ0v) is 14.2. The highest BCUT2D eigenvalue weighted by molar-refractivity contribution is 5.98. The van der Waals surface area contributed by atoms with Crippen molar-refractivity contribution in [2.24, 2.45) is 5.73 Å². The average molecular weight is 342 g/mol. The highest BCUT2D eigenvalue weighted by atomic mass is 35.5. The third-order valence-corrected chi connectivity index (χ3v) is 3.55. The average Bonchev–Trinajstić information content (AvgIpc) is 2.48. The largest absolute Gasteiger partial charge is 0.381 e. The van der Waals surface area contributed by atoms with Gasteiger partial charge in [0.05, 0.1) is 5.54 Å². The fourth-order valence-electron chi connectivity index (χ4n) is 2.11. The van der Waals surface area contributed by atoms with Crippen molar-refractivity contribution >= 4 is 29.9 Å². The van der Waals surface area contributed by atoms with Crippen LogP contribution in [0.25, 0.3) is 0 Å². The summed E-state index contributed by atoms with van der Waals surface area (Å²) >= 11 is 0. The summed E-state index contributed by atoms with van der Waals surface area (Å²) in [5.41, 5.74) is 5.96. The molecule has 2 amide bonds. The number of carbonyl (C=O) groups is 2. The van der Waals surface area contributed by atoms with Gasteiger partial charge >= 0.3 is 0 Å². The maximum Gasteiger partial charge on any atom is 0.251 e. The molecule has 0 bridgehead atoms. The second-order valence-corrected chi connectivity index (χ2v) is 6.11. The van der Waals surface area contributed by atoms with Gasteiger partial charge in [-0.2, -0.15) is 0 Å². The van der Waals surface area contributed by atoms with Gasteiger partial charge in [-0.15, -0.1) is 12.4 Å². The number of nitrogens with one attached hydrogen (secondary N) is 2. The van der Waals surface area contributed by atoms with Crippen molar-refractivity contribution in [1.29, 1.82) is 0 Å². The molecule has 1 fully saturated rings. The summed E-state index contributed by atoms with van der Waals surface area (Å²) < 4.78 is 5.27. The van der Waals surface area contributed by atoms with E-state index < -0.39 is 5.54 Å². The number of hydrogen-bond acceptors (Lipinski definition) is 4. The molecule has 2 rings (SSSR count). The maximum atomic E-state index is 12.1. The van der Waals surface area contributed by atoms with E-state index in [-0.39, 0.29) is 30.3 Å². The molecule has 0 atom stereocenters. The van der Waals surface area contributed by atoms with E-state index in [0.29, 0.717) is 24.5 Å². The molecule has 0 radical (unpaired) electrons. The van der Waals surface area contributed by atoms with E-state index in [1.165, 1.54) is 0 Å². The number of nitrogens with two attached hydrogens (primary N) is 1. The number of halogens is 1. The molecule has 1 aliphatic rings. The van der Waals surface area contributed by atoms with Crippen molar-refractivity contribution < 1.29 is 14.3 Å². The van der Waals surface area contributed by atoms with E-state index in [1.807, 2.05) is 0 Å². The van der Waals surface area contributed by atoms with E-state index in [1.54, 1.807) is 38.1 Å². The highest BCUT2D eigenvalue weighted by Crippen LogP contribution is 2.13. The smallest absolute Gasteiger partial charge is 0.251 e. The van der Waals surface area contributed by atoms with Crippen LogP contribution in [0.5, 0.6) is 0 Å². The quantitative estimate of drug-likeness (QED) is 0.777. The summed E-state index contributed by atoms with van der Waals surface area (Å²) in [7, 11) is 0. The van der Waals surface area contributed by atoms with Crippen LogP contribution in [0.1, 0.15) is 37.0 Å². The molecule has 1 saturated heterocycles. The minimum absolute atomic E-state index is 0. The highest BCUT2D eigenvalue weighted by Gasteiger charge is 2.22. The van der Waals surface area contributed by atoms with Crippen LogP contribution in [0.4, 0.5) is 5.69 Å². The van der Waals surface area contributed by atoms with Crippen LogP contribution in [0.2, 0.25) is 0 Å². The number of benzene rings is 1. The van der Waals surface area contributed by atoms with Crippen LogP contribution in [0.15, 0.2) is 24.3 Å². The lowest BCUT2D eigenvalue weighted by Gasteiger charge is -2.23. The molecule has 6 nitrogen and oxygen atoms in total. The van der Waals surface area contributed by atoms with E-state index in [2.05, 4.69) is 10.6 Å². The zero-order valence-electron chi connectivity index (χ0n) is 13.4. The number of amides is 2. The molecule has 1 aromatic carbocycles. The third-order valence-electron chi connectivity index (χ3n) is 3.55. The minimum atomic E-state index is -0.945. The SMILES string of the molecule is CC(C)(N)C(=O)Nc1ccc(C(=O)NC2CCOCC2)cc1.Cl. The zero-order chi connectivity index (χ0) is 16.2. The molecule has 1 aliphatic heterocycles. The van der Waals surface area contributed by atoms with Gasteiger partial charge in [-0.3, -0.25) is 9.59 Å². The Labute approximate surface area is 142 Å². The lowest BCUT2D eigenvalue weighted by Crippen LogP contribution is -2.45. The molecule has 1 heterocycles. The molecule has 128 valence electrons. The molecule has 0 aliphatic carbocycles. The summed E-state index contributed by atoms with van der Waals surface area (Å²) in [6.45, 7) is 4.64. The molecule has 4 N–H and O–H groups in total. The molecule has 0 unspecified atom stereocenters. The first-order chi connectivity index (χ1) is 10.4. The molecule has 0 spiro atoms. The Hall–Kier alpha value is -1.63. The van der Waals surface area contributed by atoms with Gasteiger partial charge in [-0.25, -0.2) is 0 Å². The Bertz CT molecular complexity index is 534. The Morgan fingerprint density at radius 2 is 1.74 bits per heavy atom. The van der Waals surface area contributed by atoms with Crippen LogP contribution in [0.3, 0.4) is 0 Å². The second kappa shape index (κ2) is 8.29. The first-order valence-corrected chi connectivity index (χ1v) is 7.45. The normalized spacial score (nSPS) is 15.4. The fourth-order valence-corrected chi connectivity index (χ4v) is 2.11. The van der Waals surface area contributed by atoms with E-state index in [0.717, 1.165) is 12.8 Å². The van der Waals surface area contributed by atoms with Gasteiger partial charge in [0.25, 0.3) is 5.91 Å². The van der Waals surface area contributed by atoms with Crippen molar-refractivity contribution in [3.8, 4) is 0 Å². The van der Waals surface area contributed by atoms with Crippen molar-refractivity contribution in [3.63, 3.8) is 0 Å². The lowest BCUT2D eigenvalue weighted by molar-refractivity contribution is -0.120. The number of ether oxygens (including phenoxy) is 1. The monoisotopic (exact) mass is 341 g/mol. The third kappa shape index (κ3) is 5.82. The van der Waals surface area contributed by atoms with Crippen molar-refractivity contribution in [2.45, 2.75) is 38.3 Å². The Kier molecular flexibility index (Phi) is 7.00. The van der Waals surface area contributed by atoms with Crippen LogP contribution < -0.4 is 16.4 Å². The van der Waals surface area contributed by atoms with Crippen LogP contribution in [-0.2, 0) is 9.53 Å². The van der Waals surface area contributed by atoms with Gasteiger partial charge in [0, 0.05) is 30.5 Å². The summed E-state index contributed by atoms with van der Waals surface area (Å²) in [6, 6.07) is 6.94. The first-order valence-electron chi connectivity index (χ1n) is 7.45.